The Morgan fingerprint density at radius 1 is 1.50 bits per heavy atom. The van der Waals surface area contributed by atoms with Crippen LogP contribution < -0.4 is 10.6 Å². The van der Waals surface area contributed by atoms with Gasteiger partial charge in [-0.1, -0.05) is 0 Å². The molecular formula is C10H14N4OS. The first-order chi connectivity index (χ1) is 7.65. The van der Waals surface area contributed by atoms with Gasteiger partial charge in [-0.3, -0.25) is 15.4 Å². The number of nitrogens with zero attached hydrogens (tertiary/aromatic N) is 2. The van der Waals surface area contributed by atoms with Gasteiger partial charge in [0.1, 0.15) is 0 Å². The van der Waals surface area contributed by atoms with Crippen molar-refractivity contribution in [3.63, 3.8) is 0 Å². The third kappa shape index (κ3) is 2.70. The number of hydrogen-bond donors (Lipinski definition) is 2. The minimum Gasteiger partial charge on any atom is -0.296 e. The van der Waals surface area contributed by atoms with Gasteiger partial charge in [0.15, 0.2) is 0 Å². The third-order valence-corrected chi connectivity index (χ3v) is 3.19. The Morgan fingerprint density at radius 2 is 2.19 bits per heavy atom. The minimum atomic E-state index is -0.130. The Bertz CT molecular complexity index is 384. The van der Waals surface area contributed by atoms with Gasteiger partial charge in [-0.15, -0.1) is 11.8 Å². The van der Waals surface area contributed by atoms with E-state index in [0.717, 1.165) is 23.0 Å². The summed E-state index contributed by atoms with van der Waals surface area (Å²) in [5.74, 6) is 1.96. The first kappa shape index (κ1) is 11.3. The molecule has 1 aromatic heterocycles. The quantitative estimate of drug-likeness (QED) is 0.793. The van der Waals surface area contributed by atoms with Crippen LogP contribution in [0.2, 0.25) is 0 Å². The SMILES string of the molecule is Cc1cc(C)nc(NC(=O)C2CSCN2)n1. The molecule has 1 amide bonds. The number of carbonyl (C=O) groups excluding carboxylic acids is 1. The molecule has 1 saturated heterocycles. The monoisotopic (exact) mass is 238 g/mol. The van der Waals surface area contributed by atoms with Gasteiger partial charge in [-0.25, -0.2) is 9.97 Å². The lowest BCUT2D eigenvalue weighted by Gasteiger charge is -2.09. The van der Waals surface area contributed by atoms with Crippen LogP contribution in [-0.4, -0.2) is 33.5 Å². The summed E-state index contributed by atoms with van der Waals surface area (Å²) in [5, 5.41) is 5.83. The van der Waals surface area contributed by atoms with E-state index in [9.17, 15) is 4.79 Å². The normalized spacial score (nSPS) is 19.8. The highest BCUT2D eigenvalue weighted by molar-refractivity contribution is 7.99. The van der Waals surface area contributed by atoms with Crippen LogP contribution in [0.5, 0.6) is 0 Å². The van der Waals surface area contributed by atoms with Gasteiger partial charge in [0.25, 0.3) is 0 Å². The summed E-state index contributed by atoms with van der Waals surface area (Å²) in [7, 11) is 0. The number of rotatable bonds is 2. The lowest BCUT2D eigenvalue weighted by Crippen LogP contribution is -2.37. The highest BCUT2D eigenvalue weighted by Gasteiger charge is 2.23. The summed E-state index contributed by atoms with van der Waals surface area (Å²) in [4.78, 5) is 20.1. The van der Waals surface area contributed by atoms with E-state index in [1.165, 1.54) is 0 Å². The van der Waals surface area contributed by atoms with Gasteiger partial charge >= 0.3 is 0 Å². The average molecular weight is 238 g/mol. The molecule has 16 heavy (non-hydrogen) atoms. The van der Waals surface area contributed by atoms with E-state index in [2.05, 4.69) is 20.6 Å². The zero-order valence-electron chi connectivity index (χ0n) is 9.28. The lowest BCUT2D eigenvalue weighted by molar-refractivity contribution is -0.117. The van der Waals surface area contributed by atoms with Crippen molar-refractivity contribution in [1.82, 2.24) is 15.3 Å². The minimum absolute atomic E-state index is 0.0602. The first-order valence-corrected chi connectivity index (χ1v) is 6.25. The van der Waals surface area contributed by atoms with Crippen LogP contribution in [0.15, 0.2) is 6.07 Å². The number of aromatic nitrogens is 2. The fraction of sp³-hybridized carbons (Fsp3) is 0.500. The highest BCUT2D eigenvalue weighted by atomic mass is 32.2. The zero-order valence-corrected chi connectivity index (χ0v) is 10.1. The predicted molar refractivity (Wildman–Crippen MR) is 64.4 cm³/mol. The maximum absolute atomic E-state index is 11.8. The number of carbonyl (C=O) groups is 1. The molecule has 0 bridgehead atoms. The van der Waals surface area contributed by atoms with Crippen molar-refractivity contribution in [3.05, 3.63) is 17.5 Å². The lowest BCUT2D eigenvalue weighted by atomic mass is 10.3. The molecule has 2 heterocycles. The van der Waals surface area contributed by atoms with Crippen molar-refractivity contribution in [3.8, 4) is 0 Å². The Kier molecular flexibility index (Phi) is 3.40. The molecule has 1 aliphatic rings. The van der Waals surface area contributed by atoms with Crippen molar-refractivity contribution in [1.29, 1.82) is 0 Å². The van der Waals surface area contributed by atoms with Crippen molar-refractivity contribution in [2.75, 3.05) is 16.9 Å². The van der Waals surface area contributed by atoms with Crippen LogP contribution in [0.25, 0.3) is 0 Å². The third-order valence-electron chi connectivity index (χ3n) is 2.25. The summed E-state index contributed by atoms with van der Waals surface area (Å²) >= 11 is 1.71. The number of aryl methyl sites for hydroxylation is 2. The molecule has 2 rings (SSSR count). The Balaban J connectivity index is 2.05. The van der Waals surface area contributed by atoms with Crippen molar-refractivity contribution in [2.24, 2.45) is 0 Å². The van der Waals surface area contributed by atoms with E-state index < -0.39 is 0 Å². The van der Waals surface area contributed by atoms with Crippen LogP contribution in [0, 0.1) is 13.8 Å². The second kappa shape index (κ2) is 4.80. The van der Waals surface area contributed by atoms with Gasteiger partial charge in [-0.2, -0.15) is 0 Å². The van der Waals surface area contributed by atoms with Crippen LogP contribution >= 0.6 is 11.8 Å². The Labute approximate surface area is 98.4 Å². The number of nitrogens with one attached hydrogen (secondary N) is 2. The van der Waals surface area contributed by atoms with Crippen LogP contribution in [-0.2, 0) is 4.79 Å². The van der Waals surface area contributed by atoms with E-state index in [4.69, 9.17) is 0 Å². The topological polar surface area (TPSA) is 66.9 Å². The van der Waals surface area contributed by atoms with Gasteiger partial charge in [0.05, 0.1) is 6.04 Å². The van der Waals surface area contributed by atoms with Crippen LogP contribution in [0.4, 0.5) is 5.95 Å². The molecule has 0 aliphatic carbocycles. The Hall–Kier alpha value is -1.14. The molecule has 1 atom stereocenters. The smallest absolute Gasteiger partial charge is 0.244 e. The molecule has 1 fully saturated rings. The molecule has 5 nitrogen and oxygen atoms in total. The second-order valence-electron chi connectivity index (χ2n) is 3.74. The van der Waals surface area contributed by atoms with E-state index in [1.54, 1.807) is 11.8 Å². The largest absolute Gasteiger partial charge is 0.296 e. The van der Waals surface area contributed by atoms with Crippen molar-refractivity contribution >= 4 is 23.6 Å². The molecular weight excluding hydrogens is 224 g/mol. The first-order valence-electron chi connectivity index (χ1n) is 5.09. The highest BCUT2D eigenvalue weighted by Crippen LogP contribution is 2.11. The maximum Gasteiger partial charge on any atom is 0.244 e. The summed E-state index contributed by atoms with van der Waals surface area (Å²) in [6, 6.07) is 1.74. The summed E-state index contributed by atoms with van der Waals surface area (Å²) < 4.78 is 0. The van der Waals surface area contributed by atoms with Crippen molar-refractivity contribution < 1.29 is 4.79 Å². The van der Waals surface area contributed by atoms with Crippen LogP contribution in [0.3, 0.4) is 0 Å². The van der Waals surface area contributed by atoms with E-state index in [1.807, 2.05) is 19.9 Å². The molecule has 1 aliphatic heterocycles. The van der Waals surface area contributed by atoms with E-state index >= 15 is 0 Å². The average Bonchev–Trinajstić information content (AvgIpc) is 2.68. The fourth-order valence-electron chi connectivity index (χ4n) is 1.54. The molecule has 1 unspecified atom stereocenters. The van der Waals surface area contributed by atoms with Crippen LogP contribution in [0.1, 0.15) is 11.4 Å². The van der Waals surface area contributed by atoms with E-state index in [-0.39, 0.29) is 11.9 Å². The number of hydrogen-bond acceptors (Lipinski definition) is 5. The number of amides is 1. The molecule has 0 spiro atoms. The number of anilines is 1. The maximum atomic E-state index is 11.8. The summed E-state index contributed by atoms with van der Waals surface area (Å²) in [5.41, 5.74) is 1.72. The summed E-state index contributed by atoms with van der Waals surface area (Å²) in [6.07, 6.45) is 0. The Morgan fingerprint density at radius 3 is 2.75 bits per heavy atom. The molecule has 2 N–H and O–H groups in total. The molecule has 0 saturated carbocycles. The van der Waals surface area contributed by atoms with Gasteiger partial charge in [0, 0.05) is 23.0 Å². The molecule has 0 radical (unpaired) electrons. The van der Waals surface area contributed by atoms with Gasteiger partial charge < -0.3 is 0 Å². The molecule has 86 valence electrons. The second-order valence-corrected chi connectivity index (χ2v) is 4.77. The van der Waals surface area contributed by atoms with Gasteiger partial charge in [0.2, 0.25) is 11.9 Å². The molecule has 0 aromatic carbocycles. The fourth-order valence-corrected chi connectivity index (χ4v) is 2.48. The van der Waals surface area contributed by atoms with Gasteiger partial charge in [-0.05, 0) is 19.9 Å². The molecule has 1 aromatic rings. The summed E-state index contributed by atoms with van der Waals surface area (Å²) in [6.45, 7) is 3.77. The molecule has 6 heteroatoms. The van der Waals surface area contributed by atoms with Crippen molar-refractivity contribution in [2.45, 2.75) is 19.9 Å². The predicted octanol–water partition coefficient (Wildman–Crippen LogP) is 0.694. The zero-order chi connectivity index (χ0) is 11.5. The standard InChI is InChI=1S/C10H14N4OS/c1-6-3-7(2)13-10(12-6)14-9(15)8-4-16-5-11-8/h3,8,11H,4-5H2,1-2H3,(H,12,13,14,15). The number of thioether (sulfide) groups is 1. The van der Waals surface area contributed by atoms with E-state index in [0.29, 0.717) is 5.95 Å².